The molecule has 4 aromatic rings. The quantitative estimate of drug-likeness (QED) is 0.515. The molecule has 0 atom stereocenters. The van der Waals surface area contributed by atoms with Gasteiger partial charge in [-0.05, 0) is 12.5 Å². The lowest BCUT2D eigenvalue weighted by Gasteiger charge is -2.04. The van der Waals surface area contributed by atoms with Crippen LogP contribution in [0.2, 0.25) is 0 Å². The molecule has 0 radical (unpaired) electrons. The minimum Gasteiger partial charge on any atom is -0.340 e. The van der Waals surface area contributed by atoms with Crippen molar-refractivity contribution in [1.29, 1.82) is 0 Å². The van der Waals surface area contributed by atoms with Gasteiger partial charge in [-0.1, -0.05) is 42.0 Å². The highest BCUT2D eigenvalue weighted by molar-refractivity contribution is 7.98. The van der Waals surface area contributed by atoms with Crippen molar-refractivity contribution in [3.8, 4) is 0 Å². The van der Waals surface area contributed by atoms with Crippen molar-refractivity contribution >= 4 is 33.8 Å². The van der Waals surface area contributed by atoms with Crippen LogP contribution in [0.15, 0.2) is 33.9 Å². The van der Waals surface area contributed by atoms with Crippen LogP contribution in [0.5, 0.6) is 0 Å². The molecule has 0 aliphatic heterocycles. The highest BCUT2D eigenvalue weighted by Crippen LogP contribution is 2.27. The van der Waals surface area contributed by atoms with Gasteiger partial charge in [0.25, 0.3) is 0 Å². The maximum atomic E-state index is 4.98. The monoisotopic (exact) mass is 340 g/mol. The fourth-order valence-corrected chi connectivity index (χ4v) is 3.35. The molecule has 0 N–H and O–H groups in total. The molecule has 7 nitrogen and oxygen atoms in total. The molecule has 0 spiro atoms. The Morgan fingerprint density at radius 3 is 2.83 bits per heavy atom. The van der Waals surface area contributed by atoms with E-state index in [4.69, 9.17) is 9.51 Å². The van der Waals surface area contributed by atoms with E-state index in [0.717, 1.165) is 35.0 Å². The third-order valence-corrected chi connectivity index (χ3v) is 4.54. The maximum Gasteiger partial charge on any atom is 0.223 e. The Balaban J connectivity index is 1.73. The zero-order valence-corrected chi connectivity index (χ0v) is 14.2. The molecule has 0 aliphatic carbocycles. The lowest BCUT2D eigenvalue weighted by atomic mass is 10.2. The number of aromatic nitrogens is 6. The van der Waals surface area contributed by atoms with E-state index in [9.17, 15) is 0 Å². The van der Waals surface area contributed by atoms with Gasteiger partial charge in [0.1, 0.15) is 5.52 Å². The molecular weight excluding hydrogens is 324 g/mol. The van der Waals surface area contributed by atoms with Gasteiger partial charge in [0.05, 0.1) is 11.3 Å². The number of nitrogens with zero attached hydrogens (tertiary/aromatic N) is 6. The maximum absolute atomic E-state index is 4.98. The van der Waals surface area contributed by atoms with Gasteiger partial charge in [-0.3, -0.25) is 0 Å². The first-order valence-electron chi connectivity index (χ1n) is 7.80. The highest BCUT2D eigenvalue weighted by atomic mass is 32.2. The summed E-state index contributed by atoms with van der Waals surface area (Å²) in [4.78, 5) is 8.91. The minimum absolute atomic E-state index is 0.554. The second-order valence-electron chi connectivity index (χ2n) is 5.45. The van der Waals surface area contributed by atoms with Gasteiger partial charge in [-0.2, -0.15) is 4.98 Å². The van der Waals surface area contributed by atoms with Crippen LogP contribution in [0.4, 0.5) is 0 Å². The van der Waals surface area contributed by atoms with Crippen molar-refractivity contribution in [1.82, 2.24) is 29.9 Å². The molecule has 0 aliphatic rings. The molecule has 0 unspecified atom stereocenters. The van der Waals surface area contributed by atoms with Crippen LogP contribution in [0.25, 0.3) is 22.1 Å². The zero-order chi connectivity index (χ0) is 16.5. The largest absolute Gasteiger partial charge is 0.340 e. The van der Waals surface area contributed by atoms with E-state index in [1.165, 1.54) is 11.8 Å². The Hall–Kier alpha value is -2.48. The molecule has 0 saturated heterocycles. The van der Waals surface area contributed by atoms with Gasteiger partial charge in [-0.25, -0.2) is 4.98 Å². The summed E-state index contributed by atoms with van der Waals surface area (Å²) in [6.45, 7) is 4.83. The van der Waals surface area contributed by atoms with E-state index in [0.29, 0.717) is 22.6 Å². The summed E-state index contributed by atoms with van der Waals surface area (Å²) in [5.41, 5.74) is 2.87. The minimum atomic E-state index is 0.554. The number of para-hydroxylation sites is 1. The summed E-state index contributed by atoms with van der Waals surface area (Å²) < 4.78 is 7.19. The number of rotatable bonds is 5. The molecule has 0 saturated carbocycles. The third kappa shape index (κ3) is 2.62. The van der Waals surface area contributed by atoms with Gasteiger partial charge >= 0.3 is 0 Å². The van der Waals surface area contributed by atoms with Crippen LogP contribution in [0.1, 0.15) is 25.1 Å². The summed E-state index contributed by atoms with van der Waals surface area (Å²) in [5, 5.41) is 14.3. The zero-order valence-electron chi connectivity index (χ0n) is 13.4. The molecule has 122 valence electrons. The normalized spacial score (nSPS) is 11.6. The summed E-state index contributed by atoms with van der Waals surface area (Å²) in [5.74, 6) is 1.75. The molecule has 24 heavy (non-hydrogen) atoms. The first-order chi connectivity index (χ1) is 11.8. The number of hydrogen-bond donors (Lipinski definition) is 0. The summed E-state index contributed by atoms with van der Waals surface area (Å²) in [7, 11) is 0. The third-order valence-electron chi connectivity index (χ3n) is 3.70. The standard InChI is InChI=1S/C16H16N6OS/c1-3-8-22-12-7-5-4-6-11(12)14-15(22)18-16(20-19-14)24-9-13-17-10(2)23-21-13/h4-7H,3,8-9H2,1-2H3. The molecule has 0 amide bonds. The van der Waals surface area contributed by atoms with E-state index in [-0.39, 0.29) is 0 Å². The van der Waals surface area contributed by atoms with Gasteiger partial charge in [0, 0.05) is 18.9 Å². The Morgan fingerprint density at radius 1 is 1.17 bits per heavy atom. The van der Waals surface area contributed by atoms with Crippen molar-refractivity contribution < 1.29 is 4.52 Å². The second kappa shape index (κ2) is 6.20. The number of aryl methyl sites for hydroxylation is 2. The summed E-state index contributed by atoms with van der Waals surface area (Å²) in [6.07, 6.45) is 1.03. The Labute approximate surface area is 142 Å². The first kappa shape index (κ1) is 15.1. The lowest BCUT2D eigenvalue weighted by molar-refractivity contribution is 0.389. The van der Waals surface area contributed by atoms with E-state index in [1.807, 2.05) is 12.1 Å². The van der Waals surface area contributed by atoms with Gasteiger partial charge in [0.2, 0.25) is 11.0 Å². The van der Waals surface area contributed by atoms with Crippen LogP contribution in [0, 0.1) is 6.92 Å². The molecule has 0 fully saturated rings. The van der Waals surface area contributed by atoms with E-state index in [1.54, 1.807) is 6.92 Å². The Bertz CT molecular complexity index is 1010. The molecule has 3 aromatic heterocycles. The average molecular weight is 340 g/mol. The first-order valence-corrected chi connectivity index (χ1v) is 8.78. The molecule has 4 rings (SSSR count). The van der Waals surface area contributed by atoms with E-state index >= 15 is 0 Å². The molecule has 0 bridgehead atoms. The average Bonchev–Trinajstić information content (AvgIpc) is 3.15. The number of thioether (sulfide) groups is 1. The molecule has 8 heteroatoms. The predicted molar refractivity (Wildman–Crippen MR) is 91.7 cm³/mol. The lowest BCUT2D eigenvalue weighted by Crippen LogP contribution is -2.00. The van der Waals surface area contributed by atoms with E-state index < -0.39 is 0 Å². The smallest absolute Gasteiger partial charge is 0.223 e. The van der Waals surface area contributed by atoms with Crippen LogP contribution in [-0.4, -0.2) is 29.9 Å². The van der Waals surface area contributed by atoms with Crippen molar-refractivity contribution in [2.75, 3.05) is 0 Å². The van der Waals surface area contributed by atoms with Gasteiger partial charge < -0.3 is 9.09 Å². The van der Waals surface area contributed by atoms with E-state index in [2.05, 4.69) is 44.0 Å². The molecular formula is C16H16N6OS. The van der Waals surface area contributed by atoms with Gasteiger partial charge in [-0.15, -0.1) is 10.2 Å². The second-order valence-corrected chi connectivity index (χ2v) is 6.40. The fraction of sp³-hybridized carbons (Fsp3) is 0.312. The molecule has 3 heterocycles. The van der Waals surface area contributed by atoms with Crippen molar-refractivity contribution in [2.24, 2.45) is 0 Å². The van der Waals surface area contributed by atoms with Crippen LogP contribution < -0.4 is 0 Å². The van der Waals surface area contributed by atoms with Crippen LogP contribution >= 0.6 is 11.8 Å². The topological polar surface area (TPSA) is 82.5 Å². The summed E-state index contributed by atoms with van der Waals surface area (Å²) in [6, 6.07) is 8.22. The Kier molecular flexibility index (Phi) is 3.89. The number of fused-ring (bicyclic) bond motifs is 3. The predicted octanol–water partition coefficient (Wildman–Crippen LogP) is 3.37. The number of hydrogen-bond acceptors (Lipinski definition) is 7. The molecule has 1 aromatic carbocycles. The fourth-order valence-electron chi connectivity index (χ4n) is 2.73. The summed E-state index contributed by atoms with van der Waals surface area (Å²) >= 11 is 1.46. The Morgan fingerprint density at radius 2 is 2.04 bits per heavy atom. The van der Waals surface area contributed by atoms with Crippen molar-refractivity contribution in [2.45, 2.75) is 37.7 Å². The van der Waals surface area contributed by atoms with Crippen LogP contribution in [-0.2, 0) is 12.3 Å². The van der Waals surface area contributed by atoms with Crippen molar-refractivity contribution in [3.05, 3.63) is 36.0 Å². The van der Waals surface area contributed by atoms with Gasteiger partial charge in [0.15, 0.2) is 11.5 Å². The van der Waals surface area contributed by atoms with Crippen LogP contribution in [0.3, 0.4) is 0 Å². The SMILES string of the molecule is CCCn1c2ccccc2c2nnc(SCc3noc(C)n3)nc21. The highest BCUT2D eigenvalue weighted by Gasteiger charge is 2.14. The number of benzene rings is 1. The van der Waals surface area contributed by atoms with Crippen molar-refractivity contribution in [3.63, 3.8) is 0 Å².